The maximum absolute atomic E-state index is 13.6. The van der Waals surface area contributed by atoms with Crippen LogP contribution in [0.15, 0.2) is 53.5 Å². The van der Waals surface area contributed by atoms with E-state index in [2.05, 4.69) is 44.8 Å². The Balaban J connectivity index is 0.00000341. The van der Waals surface area contributed by atoms with E-state index in [-0.39, 0.29) is 35.8 Å². The number of halogens is 2. The lowest BCUT2D eigenvalue weighted by Crippen LogP contribution is -2.46. The van der Waals surface area contributed by atoms with E-state index in [0.717, 1.165) is 55.7 Å². The molecule has 0 spiro atoms. The number of thioether (sulfide) groups is 1. The molecule has 0 amide bonds. The fourth-order valence-corrected chi connectivity index (χ4v) is 4.25. The zero-order valence-corrected chi connectivity index (χ0v) is 21.3. The van der Waals surface area contributed by atoms with E-state index < -0.39 is 0 Å². The number of morpholine rings is 1. The van der Waals surface area contributed by atoms with Gasteiger partial charge in [-0.2, -0.15) is 11.8 Å². The number of hydrogen-bond donors (Lipinski definition) is 2. The highest BCUT2D eigenvalue weighted by atomic mass is 127. The number of guanidine groups is 1. The van der Waals surface area contributed by atoms with Crippen molar-refractivity contribution in [2.75, 3.05) is 46.2 Å². The van der Waals surface area contributed by atoms with Crippen LogP contribution in [0.1, 0.15) is 22.7 Å². The monoisotopic (exact) mass is 558 g/mol. The van der Waals surface area contributed by atoms with Crippen molar-refractivity contribution in [1.29, 1.82) is 0 Å². The smallest absolute Gasteiger partial charge is 0.191 e. The molecule has 31 heavy (non-hydrogen) atoms. The summed E-state index contributed by atoms with van der Waals surface area (Å²) in [5.41, 5.74) is 3.38. The normalized spacial score (nSPS) is 15.8. The van der Waals surface area contributed by atoms with Gasteiger partial charge in [-0.05, 0) is 35.1 Å². The summed E-state index contributed by atoms with van der Waals surface area (Å²) >= 11 is 1.69. The van der Waals surface area contributed by atoms with Gasteiger partial charge in [-0.3, -0.25) is 9.89 Å². The molecule has 1 aliphatic rings. The molecule has 0 aliphatic carbocycles. The third-order valence-electron chi connectivity index (χ3n) is 5.27. The summed E-state index contributed by atoms with van der Waals surface area (Å²) < 4.78 is 19.1. The molecule has 0 aromatic heterocycles. The Morgan fingerprint density at radius 3 is 2.55 bits per heavy atom. The number of benzene rings is 2. The first-order valence-corrected chi connectivity index (χ1v) is 11.7. The molecule has 0 radical (unpaired) electrons. The molecule has 2 aromatic rings. The van der Waals surface area contributed by atoms with Crippen molar-refractivity contribution in [3.8, 4) is 0 Å². The van der Waals surface area contributed by atoms with E-state index in [1.165, 1.54) is 11.6 Å². The minimum absolute atomic E-state index is 0. The summed E-state index contributed by atoms with van der Waals surface area (Å²) in [6, 6.07) is 15.8. The quantitative estimate of drug-likeness (QED) is 0.291. The molecule has 1 fully saturated rings. The molecule has 1 heterocycles. The third kappa shape index (κ3) is 7.93. The van der Waals surface area contributed by atoms with Gasteiger partial charge < -0.3 is 15.4 Å². The van der Waals surface area contributed by atoms with Crippen molar-refractivity contribution < 1.29 is 9.13 Å². The molecule has 3 rings (SSSR count). The van der Waals surface area contributed by atoms with Crippen molar-refractivity contribution in [2.45, 2.75) is 18.3 Å². The predicted molar refractivity (Wildman–Crippen MR) is 139 cm³/mol. The molecular weight excluding hydrogens is 526 g/mol. The highest BCUT2D eigenvalue weighted by Crippen LogP contribution is 2.21. The van der Waals surface area contributed by atoms with E-state index in [4.69, 9.17) is 4.74 Å². The SMILES string of the molecule is CN=C(NCc1ccc(F)cc1CSC)NCC(c1ccccc1)N1CCOCC1.I. The number of rotatable bonds is 8. The van der Waals surface area contributed by atoms with Crippen molar-refractivity contribution in [3.63, 3.8) is 0 Å². The molecule has 2 N–H and O–H groups in total. The van der Waals surface area contributed by atoms with Crippen molar-refractivity contribution in [2.24, 2.45) is 4.99 Å². The average molecular weight is 559 g/mol. The van der Waals surface area contributed by atoms with Crippen LogP contribution in [-0.2, 0) is 17.0 Å². The van der Waals surface area contributed by atoms with E-state index in [9.17, 15) is 4.39 Å². The van der Waals surface area contributed by atoms with Crippen molar-refractivity contribution >= 4 is 41.7 Å². The topological polar surface area (TPSA) is 48.9 Å². The van der Waals surface area contributed by atoms with Crippen LogP contribution in [0.3, 0.4) is 0 Å². The van der Waals surface area contributed by atoms with Gasteiger partial charge in [0.2, 0.25) is 0 Å². The minimum Gasteiger partial charge on any atom is -0.379 e. The Hall–Kier alpha value is -1.36. The molecule has 2 aromatic carbocycles. The standard InChI is InChI=1S/C23H31FN4OS.HI/c1-25-23(26-15-19-8-9-21(24)14-20(19)17-30-2)27-16-22(18-6-4-3-5-7-18)28-10-12-29-13-11-28;/h3-9,14,22H,10-13,15-17H2,1-2H3,(H2,25,26,27);1H. The molecule has 0 saturated carbocycles. The van der Waals surface area contributed by atoms with Crippen LogP contribution in [0.25, 0.3) is 0 Å². The first-order chi connectivity index (χ1) is 14.7. The van der Waals surface area contributed by atoms with Gasteiger partial charge >= 0.3 is 0 Å². The Morgan fingerprint density at radius 2 is 1.87 bits per heavy atom. The Morgan fingerprint density at radius 1 is 1.13 bits per heavy atom. The van der Waals surface area contributed by atoms with E-state index in [1.807, 2.05) is 18.4 Å². The largest absolute Gasteiger partial charge is 0.379 e. The van der Waals surface area contributed by atoms with Crippen LogP contribution in [0, 0.1) is 5.82 Å². The summed E-state index contributed by atoms with van der Waals surface area (Å²) in [5, 5.41) is 6.85. The van der Waals surface area contributed by atoms with E-state index >= 15 is 0 Å². The van der Waals surface area contributed by atoms with Gasteiger partial charge in [0.25, 0.3) is 0 Å². The fourth-order valence-electron chi connectivity index (χ4n) is 3.67. The Bertz CT molecular complexity index is 818. The van der Waals surface area contributed by atoms with Crippen molar-refractivity contribution in [1.82, 2.24) is 15.5 Å². The van der Waals surface area contributed by atoms with Crippen LogP contribution in [0.2, 0.25) is 0 Å². The molecule has 1 atom stereocenters. The zero-order chi connectivity index (χ0) is 21.2. The van der Waals surface area contributed by atoms with Gasteiger partial charge in [0.1, 0.15) is 5.82 Å². The second kappa shape index (κ2) is 13.9. The maximum Gasteiger partial charge on any atom is 0.191 e. The number of ether oxygens (including phenoxy) is 1. The van der Waals surface area contributed by atoms with Gasteiger partial charge in [-0.1, -0.05) is 36.4 Å². The molecule has 170 valence electrons. The van der Waals surface area contributed by atoms with Gasteiger partial charge in [-0.15, -0.1) is 24.0 Å². The highest BCUT2D eigenvalue weighted by molar-refractivity contribution is 14.0. The first-order valence-electron chi connectivity index (χ1n) is 10.3. The Labute approximate surface area is 206 Å². The lowest BCUT2D eigenvalue weighted by molar-refractivity contribution is 0.0170. The van der Waals surface area contributed by atoms with Crippen molar-refractivity contribution in [3.05, 3.63) is 71.0 Å². The Kier molecular flexibility index (Phi) is 11.6. The van der Waals surface area contributed by atoms with Crippen LogP contribution >= 0.6 is 35.7 Å². The summed E-state index contributed by atoms with van der Waals surface area (Å²) in [5.74, 6) is 1.33. The lowest BCUT2D eigenvalue weighted by Gasteiger charge is -2.35. The molecule has 1 saturated heterocycles. The second-order valence-corrected chi connectivity index (χ2v) is 8.09. The lowest BCUT2D eigenvalue weighted by atomic mass is 10.0. The molecule has 1 unspecified atom stereocenters. The average Bonchev–Trinajstić information content (AvgIpc) is 2.79. The molecule has 5 nitrogen and oxygen atoms in total. The van der Waals surface area contributed by atoms with Gasteiger partial charge in [-0.25, -0.2) is 4.39 Å². The summed E-state index contributed by atoms with van der Waals surface area (Å²) in [4.78, 5) is 6.83. The van der Waals surface area contributed by atoms with Crippen LogP contribution in [0.4, 0.5) is 4.39 Å². The minimum atomic E-state index is -0.193. The van der Waals surface area contributed by atoms with Gasteiger partial charge in [0.05, 0.1) is 19.3 Å². The van der Waals surface area contributed by atoms with Crippen LogP contribution < -0.4 is 10.6 Å². The van der Waals surface area contributed by atoms with Crippen LogP contribution in [-0.4, -0.2) is 57.0 Å². The molecule has 0 bridgehead atoms. The summed E-state index contributed by atoms with van der Waals surface area (Å²) in [7, 11) is 1.77. The summed E-state index contributed by atoms with van der Waals surface area (Å²) in [6.45, 7) is 4.70. The third-order valence-corrected chi connectivity index (χ3v) is 5.87. The van der Waals surface area contributed by atoms with Gasteiger partial charge in [0, 0.05) is 39.0 Å². The highest BCUT2D eigenvalue weighted by Gasteiger charge is 2.22. The first kappa shape index (κ1) is 25.9. The molecule has 8 heteroatoms. The number of aliphatic imine (C=N–C) groups is 1. The van der Waals surface area contributed by atoms with E-state index in [0.29, 0.717) is 6.54 Å². The van der Waals surface area contributed by atoms with Crippen LogP contribution in [0.5, 0.6) is 0 Å². The number of nitrogens with zero attached hydrogens (tertiary/aromatic N) is 2. The molecule has 1 aliphatic heterocycles. The van der Waals surface area contributed by atoms with E-state index in [1.54, 1.807) is 24.9 Å². The number of hydrogen-bond acceptors (Lipinski definition) is 4. The zero-order valence-electron chi connectivity index (χ0n) is 18.1. The second-order valence-electron chi connectivity index (χ2n) is 7.23. The maximum atomic E-state index is 13.6. The summed E-state index contributed by atoms with van der Waals surface area (Å²) in [6.07, 6.45) is 2.03. The number of nitrogens with one attached hydrogen (secondary N) is 2. The van der Waals surface area contributed by atoms with Gasteiger partial charge in [0.15, 0.2) is 5.96 Å². The fraction of sp³-hybridized carbons (Fsp3) is 0.435. The molecular formula is C23H32FIN4OS. The predicted octanol–water partition coefficient (Wildman–Crippen LogP) is 4.05.